The van der Waals surface area contributed by atoms with E-state index in [0.717, 1.165) is 49.2 Å². The highest BCUT2D eigenvalue weighted by Gasteiger charge is 2.17. The lowest BCUT2D eigenvalue weighted by Crippen LogP contribution is -2.49. The van der Waals surface area contributed by atoms with Crippen LogP contribution in [-0.4, -0.2) is 53.1 Å². The van der Waals surface area contributed by atoms with Gasteiger partial charge in [0.25, 0.3) is 0 Å². The Morgan fingerprint density at radius 3 is 2.85 bits per heavy atom. The number of nitrogens with one attached hydrogen (secondary N) is 1. The van der Waals surface area contributed by atoms with Crippen molar-refractivity contribution in [2.45, 2.75) is 40.2 Å². The van der Waals surface area contributed by atoms with Crippen LogP contribution in [-0.2, 0) is 11.8 Å². The molecular weight excluding hydrogens is 414 g/mol. The monoisotopic (exact) mass is 449 g/mol. The van der Waals surface area contributed by atoms with Crippen LogP contribution in [0, 0.1) is 5.92 Å². The zero-order chi connectivity index (χ0) is 24.0. The Kier molecular flexibility index (Phi) is 8.16. The zero-order valence-corrected chi connectivity index (χ0v) is 20.3. The summed E-state index contributed by atoms with van der Waals surface area (Å²) < 4.78 is 1.97. The minimum absolute atomic E-state index is 0.341. The second-order valence-electron chi connectivity index (χ2n) is 8.61. The van der Waals surface area contributed by atoms with Gasteiger partial charge in [-0.25, -0.2) is 4.99 Å². The van der Waals surface area contributed by atoms with Gasteiger partial charge in [0.05, 0.1) is 17.1 Å². The number of hydrogen-bond donors (Lipinski definition) is 1. The quantitative estimate of drug-likeness (QED) is 0.394. The topological polar surface area (TPSA) is 77.6 Å². The highest BCUT2D eigenvalue weighted by Crippen LogP contribution is 2.18. The summed E-state index contributed by atoms with van der Waals surface area (Å²) in [5.74, 6) is 0.341. The Hall–Kier alpha value is -3.26. The summed E-state index contributed by atoms with van der Waals surface area (Å²) >= 11 is 0. The normalized spacial score (nSPS) is 21.4. The predicted molar refractivity (Wildman–Crippen MR) is 135 cm³/mol. The molecule has 0 bridgehead atoms. The van der Waals surface area contributed by atoms with Gasteiger partial charge in [0, 0.05) is 50.7 Å². The number of carbonyl (C=O) groups excluding carboxylic acids is 1. The summed E-state index contributed by atoms with van der Waals surface area (Å²) in [7, 11) is 1.96. The van der Waals surface area contributed by atoms with Crippen molar-refractivity contribution in [3.63, 3.8) is 0 Å². The average molecular weight is 450 g/mol. The van der Waals surface area contributed by atoms with Crippen LogP contribution in [0.25, 0.3) is 0 Å². The minimum atomic E-state index is 0.341. The van der Waals surface area contributed by atoms with Crippen molar-refractivity contribution in [3.05, 3.63) is 60.0 Å². The first-order valence-electron chi connectivity index (χ1n) is 11.5. The summed E-state index contributed by atoms with van der Waals surface area (Å²) in [6, 6.07) is 4.49. The van der Waals surface area contributed by atoms with Gasteiger partial charge in [-0.1, -0.05) is 20.4 Å². The van der Waals surface area contributed by atoms with E-state index in [1.54, 1.807) is 0 Å². The van der Waals surface area contributed by atoms with Crippen molar-refractivity contribution in [1.82, 2.24) is 15.0 Å². The van der Waals surface area contributed by atoms with E-state index in [-0.39, 0.29) is 0 Å². The third kappa shape index (κ3) is 6.16. The number of hydrazone groups is 2. The van der Waals surface area contributed by atoms with Crippen LogP contribution in [0.4, 0.5) is 5.69 Å². The molecule has 1 saturated heterocycles. The molecule has 0 saturated carbocycles. The molecule has 1 aromatic rings. The molecule has 0 spiro atoms. The molecular formula is C25H35N7O. The lowest BCUT2D eigenvalue weighted by atomic mass is 10.1. The van der Waals surface area contributed by atoms with Crippen molar-refractivity contribution >= 4 is 23.4 Å². The molecule has 176 valence electrons. The fraction of sp³-hybridized carbons (Fsp3) is 0.440. The second kappa shape index (κ2) is 11.0. The van der Waals surface area contributed by atoms with Crippen LogP contribution < -0.4 is 15.7 Å². The molecule has 0 radical (unpaired) electrons. The summed E-state index contributed by atoms with van der Waals surface area (Å²) in [5.41, 5.74) is 4.52. The molecule has 1 unspecified atom stereocenters. The van der Waals surface area contributed by atoms with Crippen LogP contribution in [0.3, 0.4) is 0 Å². The van der Waals surface area contributed by atoms with Gasteiger partial charge >= 0.3 is 0 Å². The molecule has 2 aliphatic rings. The molecule has 0 amide bonds. The molecule has 8 heteroatoms. The number of nitrogens with zero attached hydrogens (tertiary/aromatic N) is 6. The molecule has 3 heterocycles. The summed E-state index contributed by atoms with van der Waals surface area (Å²) in [4.78, 5) is 18.5. The number of hydrogen-bond acceptors (Lipinski definition) is 7. The van der Waals surface area contributed by atoms with E-state index >= 15 is 0 Å². The SMILES string of the molecule is C=C1C=CC(/C(=C/C=O)N=c2ccc(N3CCN[C@H](C)C3)cn2C)=NN1/N=C(/C)C(C)CC. The lowest BCUT2D eigenvalue weighted by molar-refractivity contribution is -0.104. The van der Waals surface area contributed by atoms with Gasteiger partial charge in [-0.2, -0.15) is 10.2 Å². The van der Waals surface area contributed by atoms with E-state index in [0.29, 0.717) is 29.1 Å². The van der Waals surface area contributed by atoms with Gasteiger partial charge in [-0.15, -0.1) is 5.10 Å². The zero-order valence-electron chi connectivity index (χ0n) is 20.3. The second-order valence-corrected chi connectivity index (χ2v) is 8.61. The maximum atomic E-state index is 11.4. The smallest absolute Gasteiger partial charge is 0.145 e. The number of anilines is 1. The number of carbonyl (C=O) groups is 1. The molecule has 8 nitrogen and oxygen atoms in total. The molecule has 33 heavy (non-hydrogen) atoms. The van der Waals surface area contributed by atoms with Crippen LogP contribution >= 0.6 is 0 Å². The summed E-state index contributed by atoms with van der Waals surface area (Å²) in [6.45, 7) is 15.4. The molecule has 0 aliphatic carbocycles. The van der Waals surface area contributed by atoms with Gasteiger partial charge in [-0.3, -0.25) is 4.79 Å². The summed E-state index contributed by atoms with van der Waals surface area (Å²) in [6.07, 6.45) is 8.86. The van der Waals surface area contributed by atoms with Gasteiger partial charge in [0.15, 0.2) is 0 Å². The first kappa shape index (κ1) is 24.4. The van der Waals surface area contributed by atoms with E-state index in [9.17, 15) is 4.79 Å². The van der Waals surface area contributed by atoms with Crippen molar-refractivity contribution in [2.24, 2.45) is 28.2 Å². The first-order chi connectivity index (χ1) is 15.8. The number of pyridine rings is 1. The third-order valence-electron chi connectivity index (χ3n) is 6.02. The van der Waals surface area contributed by atoms with E-state index in [4.69, 9.17) is 4.99 Å². The maximum absolute atomic E-state index is 11.4. The number of aryl methyl sites for hydroxylation is 1. The van der Waals surface area contributed by atoms with Gasteiger partial charge < -0.3 is 14.8 Å². The van der Waals surface area contributed by atoms with Crippen molar-refractivity contribution in [1.29, 1.82) is 0 Å². The Balaban J connectivity index is 1.92. The molecule has 1 fully saturated rings. The molecule has 2 atom stereocenters. The molecule has 1 aromatic heterocycles. The van der Waals surface area contributed by atoms with Crippen LogP contribution in [0.1, 0.15) is 34.1 Å². The molecule has 3 rings (SSSR count). The number of aldehydes is 1. The van der Waals surface area contributed by atoms with E-state index in [1.807, 2.05) is 36.8 Å². The van der Waals surface area contributed by atoms with E-state index < -0.39 is 0 Å². The average Bonchev–Trinajstić information content (AvgIpc) is 2.80. The van der Waals surface area contributed by atoms with E-state index in [2.05, 4.69) is 60.0 Å². The largest absolute Gasteiger partial charge is 0.368 e. The fourth-order valence-corrected chi connectivity index (χ4v) is 3.63. The molecule has 2 aliphatic heterocycles. The van der Waals surface area contributed by atoms with Crippen LogP contribution in [0.5, 0.6) is 0 Å². The van der Waals surface area contributed by atoms with Gasteiger partial charge in [-0.05, 0) is 50.5 Å². The van der Waals surface area contributed by atoms with Crippen LogP contribution in [0.2, 0.25) is 0 Å². The summed E-state index contributed by atoms with van der Waals surface area (Å²) in [5, 5.41) is 14.2. The highest BCUT2D eigenvalue weighted by molar-refractivity contribution is 6.10. The van der Waals surface area contributed by atoms with Crippen LogP contribution in [0.15, 0.2) is 69.7 Å². The Labute approximate surface area is 196 Å². The van der Waals surface area contributed by atoms with Crippen molar-refractivity contribution in [2.75, 3.05) is 24.5 Å². The minimum Gasteiger partial charge on any atom is -0.368 e. The first-order valence-corrected chi connectivity index (χ1v) is 11.5. The molecule has 0 aromatic carbocycles. The van der Waals surface area contributed by atoms with Crippen molar-refractivity contribution < 1.29 is 4.79 Å². The predicted octanol–water partition coefficient (Wildman–Crippen LogP) is 2.97. The number of allylic oxidation sites excluding steroid dienone is 3. The Morgan fingerprint density at radius 1 is 1.39 bits per heavy atom. The van der Waals surface area contributed by atoms with Gasteiger partial charge in [0.1, 0.15) is 17.5 Å². The standard InChI is InChI=1S/C25H35N7O/c1-7-18(2)21(5)28-32-20(4)8-10-24(29-32)23(12-15-33)27-25-11-9-22(17-30(25)6)31-14-13-26-19(3)16-31/h8-12,15,17-19,26H,4,7,13-14,16H2,1-3,5-6H3/b23-12-,27-25?,28-21-/t18?,19-/m1/s1. The number of piperazine rings is 1. The Bertz CT molecular complexity index is 1080. The van der Waals surface area contributed by atoms with Crippen molar-refractivity contribution in [3.8, 4) is 0 Å². The maximum Gasteiger partial charge on any atom is 0.145 e. The number of aromatic nitrogens is 1. The molecule has 1 N–H and O–H groups in total. The third-order valence-corrected chi connectivity index (χ3v) is 6.02. The number of rotatable bonds is 7. The highest BCUT2D eigenvalue weighted by atomic mass is 16.1. The van der Waals surface area contributed by atoms with E-state index in [1.165, 1.54) is 11.2 Å². The fourth-order valence-electron chi connectivity index (χ4n) is 3.63. The lowest BCUT2D eigenvalue weighted by Gasteiger charge is -2.33. The Morgan fingerprint density at radius 2 is 2.18 bits per heavy atom. The van der Waals surface area contributed by atoms with Gasteiger partial charge in [0.2, 0.25) is 0 Å².